The van der Waals surface area contributed by atoms with Gasteiger partial charge in [-0.25, -0.2) is 0 Å². The van der Waals surface area contributed by atoms with Crippen LogP contribution in [0.15, 0.2) is 28.8 Å². The van der Waals surface area contributed by atoms with Crippen molar-refractivity contribution in [1.82, 2.24) is 10.1 Å². The molecule has 1 heterocycles. The van der Waals surface area contributed by atoms with E-state index in [1.807, 2.05) is 0 Å². The van der Waals surface area contributed by atoms with Crippen molar-refractivity contribution in [3.05, 3.63) is 35.7 Å². The maximum atomic E-state index is 12.3. The number of rotatable bonds is 3. The zero-order valence-corrected chi connectivity index (χ0v) is 10.6. The molecule has 0 N–H and O–H groups in total. The summed E-state index contributed by atoms with van der Waals surface area (Å²) in [6.45, 7) is 0. The Morgan fingerprint density at radius 3 is 2.37 bits per heavy atom. The van der Waals surface area contributed by atoms with Crippen LogP contribution in [0, 0.1) is 0 Å². The fourth-order valence-electron chi connectivity index (χ4n) is 1.44. The van der Waals surface area contributed by atoms with Gasteiger partial charge in [0.05, 0.1) is 6.26 Å². The number of aromatic nitrogens is 2. The van der Waals surface area contributed by atoms with E-state index in [4.69, 9.17) is 0 Å². The van der Waals surface area contributed by atoms with Crippen molar-refractivity contribution in [2.75, 3.05) is 6.26 Å². The molecule has 19 heavy (non-hydrogen) atoms. The molecule has 2 rings (SSSR count). The third kappa shape index (κ3) is 3.48. The molecule has 0 spiro atoms. The molecule has 8 heteroatoms. The minimum absolute atomic E-state index is 0.128. The van der Waals surface area contributed by atoms with Crippen LogP contribution in [-0.2, 0) is 23.1 Å². The normalized spacial score (nSPS) is 13.5. The molecule has 0 fully saturated rings. The monoisotopic (exact) mass is 290 g/mol. The van der Waals surface area contributed by atoms with Gasteiger partial charge in [-0.2, -0.15) is 18.2 Å². The fraction of sp³-hybridized carbons (Fsp3) is 0.273. The van der Waals surface area contributed by atoms with E-state index in [1.165, 1.54) is 0 Å². The first-order valence-electron chi connectivity index (χ1n) is 5.16. The molecule has 0 radical (unpaired) electrons. The molecule has 102 valence electrons. The van der Waals surface area contributed by atoms with Gasteiger partial charge in [0.1, 0.15) is 5.75 Å². The van der Waals surface area contributed by atoms with E-state index in [-0.39, 0.29) is 5.82 Å². The molecule has 0 amide bonds. The van der Waals surface area contributed by atoms with Crippen molar-refractivity contribution in [1.29, 1.82) is 0 Å². The molecule has 0 aliphatic heterocycles. The SMILES string of the molecule is C[S+]([O-])Cc1ccc(-c2noc(C(F)(F)F)n2)cc1. The minimum atomic E-state index is -4.65. The highest BCUT2D eigenvalue weighted by Crippen LogP contribution is 2.29. The second kappa shape index (κ2) is 5.22. The smallest absolute Gasteiger partial charge is 0.471 e. The predicted molar refractivity (Wildman–Crippen MR) is 62.5 cm³/mol. The minimum Gasteiger partial charge on any atom is -0.616 e. The summed E-state index contributed by atoms with van der Waals surface area (Å²) in [5.41, 5.74) is 1.23. The van der Waals surface area contributed by atoms with Crippen molar-refractivity contribution in [3.63, 3.8) is 0 Å². The Morgan fingerprint density at radius 2 is 1.89 bits per heavy atom. The summed E-state index contributed by atoms with van der Waals surface area (Å²) in [6, 6.07) is 6.46. The lowest BCUT2D eigenvalue weighted by Gasteiger charge is -2.04. The molecule has 4 nitrogen and oxygen atoms in total. The van der Waals surface area contributed by atoms with Gasteiger partial charge in [0, 0.05) is 11.1 Å². The third-order valence-electron chi connectivity index (χ3n) is 2.25. The maximum absolute atomic E-state index is 12.3. The molecule has 1 aromatic carbocycles. The van der Waals surface area contributed by atoms with Crippen LogP contribution >= 0.6 is 0 Å². The van der Waals surface area contributed by atoms with Crippen LogP contribution in [0.1, 0.15) is 11.5 Å². The average molecular weight is 290 g/mol. The first kappa shape index (κ1) is 13.9. The van der Waals surface area contributed by atoms with Gasteiger partial charge >= 0.3 is 12.1 Å². The Bertz CT molecular complexity index is 552. The molecule has 1 unspecified atom stereocenters. The lowest BCUT2D eigenvalue weighted by Crippen LogP contribution is -2.04. The van der Waals surface area contributed by atoms with Gasteiger partial charge in [0.15, 0.2) is 0 Å². The third-order valence-corrected chi connectivity index (χ3v) is 2.99. The molecule has 1 atom stereocenters. The fourth-order valence-corrected chi connectivity index (χ4v) is 2.10. The zero-order valence-electron chi connectivity index (χ0n) is 9.77. The largest absolute Gasteiger partial charge is 0.616 e. The quantitative estimate of drug-likeness (QED) is 0.815. The van der Waals surface area contributed by atoms with Crippen LogP contribution in [0.4, 0.5) is 13.2 Å². The Hall–Kier alpha value is -1.54. The first-order chi connectivity index (χ1) is 8.86. The molecular weight excluding hydrogens is 281 g/mol. The summed E-state index contributed by atoms with van der Waals surface area (Å²) in [5.74, 6) is -1.11. The van der Waals surface area contributed by atoms with E-state index >= 15 is 0 Å². The van der Waals surface area contributed by atoms with Gasteiger partial charge in [0.25, 0.3) is 0 Å². The molecule has 0 bridgehead atoms. The highest BCUT2D eigenvalue weighted by Gasteiger charge is 2.38. The Labute approximate surface area is 109 Å². The summed E-state index contributed by atoms with van der Waals surface area (Å²) >= 11 is -0.974. The van der Waals surface area contributed by atoms with Crippen molar-refractivity contribution in [2.24, 2.45) is 0 Å². The van der Waals surface area contributed by atoms with Crippen LogP contribution in [0.3, 0.4) is 0 Å². The van der Waals surface area contributed by atoms with Gasteiger partial charge < -0.3 is 9.08 Å². The summed E-state index contributed by atoms with van der Waals surface area (Å²) in [7, 11) is 0. The number of nitrogens with zero attached hydrogens (tertiary/aromatic N) is 2. The van der Waals surface area contributed by atoms with Gasteiger partial charge in [-0.05, 0) is 0 Å². The van der Waals surface area contributed by atoms with Gasteiger partial charge in [-0.3, -0.25) is 0 Å². The topological polar surface area (TPSA) is 62.0 Å². The first-order valence-corrected chi connectivity index (χ1v) is 6.89. The van der Waals surface area contributed by atoms with E-state index in [0.29, 0.717) is 11.3 Å². The molecular formula is C11H9F3N2O2S. The second-order valence-electron chi connectivity index (χ2n) is 3.84. The van der Waals surface area contributed by atoms with Crippen LogP contribution in [0.25, 0.3) is 11.4 Å². The van der Waals surface area contributed by atoms with Crippen LogP contribution in [0.2, 0.25) is 0 Å². The van der Waals surface area contributed by atoms with E-state index in [2.05, 4.69) is 14.7 Å². The standard InChI is InChI=1S/C11H9F3N2O2S/c1-19(17)6-7-2-4-8(5-3-7)9-15-10(18-16-9)11(12,13)14/h2-5H,6H2,1H3. The summed E-state index contributed by atoms with van der Waals surface area (Å²) in [5, 5.41) is 3.28. The van der Waals surface area contributed by atoms with Crippen molar-refractivity contribution >= 4 is 11.2 Å². The molecule has 0 saturated heterocycles. The summed E-state index contributed by atoms with van der Waals surface area (Å²) in [6.07, 6.45) is -3.08. The van der Waals surface area contributed by atoms with Crippen molar-refractivity contribution in [2.45, 2.75) is 11.9 Å². The number of halogens is 3. The number of alkyl halides is 3. The predicted octanol–water partition coefficient (Wildman–Crippen LogP) is 2.63. The molecule has 0 aliphatic rings. The highest BCUT2D eigenvalue weighted by molar-refractivity contribution is 7.89. The average Bonchev–Trinajstić information content (AvgIpc) is 2.78. The Kier molecular flexibility index (Phi) is 3.81. The molecule has 0 saturated carbocycles. The van der Waals surface area contributed by atoms with Crippen molar-refractivity contribution < 1.29 is 22.2 Å². The molecule has 1 aromatic heterocycles. The van der Waals surface area contributed by atoms with E-state index in [1.54, 1.807) is 30.5 Å². The lowest BCUT2D eigenvalue weighted by molar-refractivity contribution is -0.159. The van der Waals surface area contributed by atoms with Crippen LogP contribution < -0.4 is 0 Å². The molecule has 2 aromatic rings. The summed E-state index contributed by atoms with van der Waals surface area (Å²) < 4.78 is 52.1. The van der Waals surface area contributed by atoms with Crippen LogP contribution in [0.5, 0.6) is 0 Å². The Morgan fingerprint density at radius 1 is 1.26 bits per heavy atom. The zero-order chi connectivity index (χ0) is 14.0. The van der Waals surface area contributed by atoms with E-state index in [0.717, 1.165) is 5.56 Å². The van der Waals surface area contributed by atoms with E-state index < -0.39 is 23.2 Å². The number of benzene rings is 1. The van der Waals surface area contributed by atoms with Gasteiger partial charge in [-0.1, -0.05) is 40.6 Å². The lowest BCUT2D eigenvalue weighted by atomic mass is 10.1. The molecule has 0 aliphatic carbocycles. The number of hydrogen-bond acceptors (Lipinski definition) is 4. The van der Waals surface area contributed by atoms with Gasteiger partial charge in [0.2, 0.25) is 5.82 Å². The van der Waals surface area contributed by atoms with Crippen molar-refractivity contribution in [3.8, 4) is 11.4 Å². The second-order valence-corrected chi connectivity index (χ2v) is 5.27. The maximum Gasteiger partial charge on any atom is 0.471 e. The summed E-state index contributed by atoms with van der Waals surface area (Å²) in [4.78, 5) is 3.28. The Balaban J connectivity index is 2.20. The van der Waals surface area contributed by atoms with Gasteiger partial charge in [-0.15, -0.1) is 0 Å². The van der Waals surface area contributed by atoms with Crippen LogP contribution in [-0.4, -0.2) is 20.9 Å². The van der Waals surface area contributed by atoms with E-state index in [9.17, 15) is 17.7 Å². The highest BCUT2D eigenvalue weighted by atomic mass is 32.2. The number of hydrogen-bond donors (Lipinski definition) is 0.